The van der Waals surface area contributed by atoms with E-state index >= 15 is 0 Å². The lowest BCUT2D eigenvalue weighted by molar-refractivity contribution is 0.0243. The van der Waals surface area contributed by atoms with Gasteiger partial charge in [-0.05, 0) is 47.7 Å². The highest BCUT2D eigenvalue weighted by molar-refractivity contribution is 14.1. The van der Waals surface area contributed by atoms with Crippen LogP contribution in [-0.2, 0) is 4.74 Å². The SMILES string of the molecule is COCCC(C)(O)CNC(=O)c1ccc(I)c(Cl)c1. The number of hydrogen-bond donors (Lipinski definition) is 2. The van der Waals surface area contributed by atoms with Crippen LogP contribution in [0.5, 0.6) is 0 Å². The van der Waals surface area contributed by atoms with Gasteiger partial charge in [-0.25, -0.2) is 0 Å². The third-order valence-electron chi connectivity index (χ3n) is 2.66. The zero-order valence-electron chi connectivity index (χ0n) is 10.9. The predicted octanol–water partition coefficient (Wildman–Crippen LogP) is 2.46. The summed E-state index contributed by atoms with van der Waals surface area (Å²) < 4.78 is 5.80. The summed E-state index contributed by atoms with van der Waals surface area (Å²) in [6.07, 6.45) is 0.456. The van der Waals surface area contributed by atoms with Gasteiger partial charge < -0.3 is 15.2 Å². The van der Waals surface area contributed by atoms with Gasteiger partial charge in [-0.1, -0.05) is 11.6 Å². The summed E-state index contributed by atoms with van der Waals surface area (Å²) >= 11 is 8.06. The van der Waals surface area contributed by atoms with E-state index in [9.17, 15) is 9.90 Å². The van der Waals surface area contributed by atoms with E-state index in [-0.39, 0.29) is 12.5 Å². The maximum atomic E-state index is 11.9. The van der Waals surface area contributed by atoms with Crippen molar-refractivity contribution in [2.24, 2.45) is 0 Å². The average molecular weight is 398 g/mol. The van der Waals surface area contributed by atoms with E-state index < -0.39 is 5.60 Å². The fourth-order valence-corrected chi connectivity index (χ4v) is 1.94. The number of rotatable bonds is 6. The number of methoxy groups -OCH3 is 1. The van der Waals surface area contributed by atoms with E-state index in [4.69, 9.17) is 16.3 Å². The van der Waals surface area contributed by atoms with Gasteiger partial charge in [-0.3, -0.25) is 4.79 Å². The Balaban J connectivity index is 2.57. The molecule has 1 rings (SSSR count). The zero-order valence-corrected chi connectivity index (χ0v) is 13.8. The van der Waals surface area contributed by atoms with Crippen LogP contribution in [0.25, 0.3) is 0 Å². The number of halogens is 2. The summed E-state index contributed by atoms with van der Waals surface area (Å²) in [7, 11) is 1.57. The van der Waals surface area contributed by atoms with Gasteiger partial charge in [-0.15, -0.1) is 0 Å². The number of hydrogen-bond acceptors (Lipinski definition) is 3. The Morgan fingerprint density at radius 2 is 2.26 bits per heavy atom. The Morgan fingerprint density at radius 3 is 2.84 bits per heavy atom. The highest BCUT2D eigenvalue weighted by atomic mass is 127. The van der Waals surface area contributed by atoms with Gasteiger partial charge >= 0.3 is 0 Å². The van der Waals surface area contributed by atoms with E-state index in [1.807, 2.05) is 0 Å². The van der Waals surface area contributed by atoms with Crippen molar-refractivity contribution in [3.8, 4) is 0 Å². The van der Waals surface area contributed by atoms with E-state index in [2.05, 4.69) is 27.9 Å². The molecular weight excluding hydrogens is 381 g/mol. The molecule has 2 N–H and O–H groups in total. The first-order valence-corrected chi connectivity index (χ1v) is 7.26. The summed E-state index contributed by atoms with van der Waals surface area (Å²) in [5.74, 6) is -0.254. The van der Waals surface area contributed by atoms with Gasteiger partial charge in [0.2, 0.25) is 0 Å². The lowest BCUT2D eigenvalue weighted by Gasteiger charge is -2.23. The minimum atomic E-state index is -0.987. The van der Waals surface area contributed by atoms with E-state index in [1.54, 1.807) is 32.2 Å². The monoisotopic (exact) mass is 397 g/mol. The van der Waals surface area contributed by atoms with E-state index in [0.717, 1.165) is 3.57 Å². The van der Waals surface area contributed by atoms with Crippen LogP contribution in [0.2, 0.25) is 5.02 Å². The molecule has 19 heavy (non-hydrogen) atoms. The minimum Gasteiger partial charge on any atom is -0.388 e. The predicted molar refractivity (Wildman–Crippen MR) is 83.6 cm³/mol. The lowest BCUT2D eigenvalue weighted by Crippen LogP contribution is -2.41. The lowest BCUT2D eigenvalue weighted by atomic mass is 10.0. The Labute approximate surface area is 131 Å². The Kier molecular flexibility index (Phi) is 6.52. The number of carbonyl (C=O) groups excluding carboxylic acids is 1. The van der Waals surface area contributed by atoms with Crippen LogP contribution in [0.3, 0.4) is 0 Å². The first-order valence-electron chi connectivity index (χ1n) is 5.80. The summed E-state index contributed by atoms with van der Waals surface area (Å²) in [6, 6.07) is 5.09. The van der Waals surface area contributed by atoms with Crippen LogP contribution in [0.4, 0.5) is 0 Å². The van der Waals surface area contributed by atoms with Crippen molar-refractivity contribution in [3.05, 3.63) is 32.4 Å². The second-order valence-corrected chi connectivity index (χ2v) is 6.12. The number of amides is 1. The molecule has 4 nitrogen and oxygen atoms in total. The Bertz CT molecular complexity index is 452. The van der Waals surface area contributed by atoms with Crippen LogP contribution < -0.4 is 5.32 Å². The van der Waals surface area contributed by atoms with Crippen molar-refractivity contribution in [3.63, 3.8) is 0 Å². The quantitative estimate of drug-likeness (QED) is 0.725. The van der Waals surface area contributed by atoms with Crippen LogP contribution in [0.1, 0.15) is 23.7 Å². The number of aliphatic hydroxyl groups is 1. The van der Waals surface area contributed by atoms with E-state index in [1.165, 1.54) is 0 Å². The first kappa shape index (κ1) is 16.7. The van der Waals surface area contributed by atoms with Crippen molar-refractivity contribution in [2.45, 2.75) is 18.9 Å². The average Bonchev–Trinajstić information content (AvgIpc) is 2.37. The van der Waals surface area contributed by atoms with Gasteiger partial charge in [-0.2, -0.15) is 0 Å². The second kappa shape index (κ2) is 7.42. The molecule has 0 bridgehead atoms. The Morgan fingerprint density at radius 1 is 1.58 bits per heavy atom. The van der Waals surface area contributed by atoms with E-state index in [0.29, 0.717) is 23.6 Å². The smallest absolute Gasteiger partial charge is 0.251 e. The van der Waals surface area contributed by atoms with Crippen LogP contribution in [0.15, 0.2) is 18.2 Å². The third-order valence-corrected chi connectivity index (χ3v) is 4.23. The standard InChI is InChI=1S/C13H17ClINO3/c1-13(18,5-6-19-2)8-16-12(17)9-3-4-11(15)10(14)7-9/h3-4,7,18H,5-6,8H2,1-2H3,(H,16,17). The number of ether oxygens (including phenoxy) is 1. The number of benzene rings is 1. The van der Waals surface area contributed by atoms with Crippen molar-refractivity contribution >= 4 is 40.1 Å². The van der Waals surface area contributed by atoms with Crippen LogP contribution in [-0.4, -0.2) is 36.9 Å². The molecule has 0 aliphatic carbocycles. The normalized spacial score (nSPS) is 13.9. The molecule has 1 aromatic carbocycles. The molecule has 0 saturated carbocycles. The Hall–Kier alpha value is -0.370. The molecule has 0 saturated heterocycles. The molecule has 1 atom stereocenters. The molecule has 106 valence electrons. The van der Waals surface area contributed by atoms with Crippen LogP contribution >= 0.6 is 34.2 Å². The molecule has 0 aliphatic rings. The molecule has 0 fully saturated rings. The molecule has 0 aromatic heterocycles. The summed E-state index contributed by atoms with van der Waals surface area (Å²) in [5, 5.41) is 13.2. The van der Waals surface area contributed by atoms with Crippen molar-refractivity contribution in [1.29, 1.82) is 0 Å². The van der Waals surface area contributed by atoms with Crippen molar-refractivity contribution in [1.82, 2.24) is 5.32 Å². The molecule has 1 unspecified atom stereocenters. The molecule has 6 heteroatoms. The highest BCUT2D eigenvalue weighted by Crippen LogP contribution is 2.19. The van der Waals surface area contributed by atoms with Gasteiger partial charge in [0.25, 0.3) is 5.91 Å². The van der Waals surface area contributed by atoms with Crippen LogP contribution in [0, 0.1) is 3.57 Å². The number of carbonyl (C=O) groups is 1. The zero-order chi connectivity index (χ0) is 14.5. The van der Waals surface area contributed by atoms with Gasteiger partial charge in [0, 0.05) is 35.8 Å². The molecule has 0 radical (unpaired) electrons. The number of nitrogens with one attached hydrogen (secondary N) is 1. The van der Waals surface area contributed by atoms with Gasteiger partial charge in [0.05, 0.1) is 10.6 Å². The second-order valence-electron chi connectivity index (χ2n) is 4.55. The fourth-order valence-electron chi connectivity index (χ4n) is 1.42. The van der Waals surface area contributed by atoms with Gasteiger partial charge in [0.15, 0.2) is 0 Å². The highest BCUT2D eigenvalue weighted by Gasteiger charge is 2.21. The minimum absolute atomic E-state index is 0.165. The fraction of sp³-hybridized carbons (Fsp3) is 0.462. The molecule has 1 aromatic rings. The van der Waals surface area contributed by atoms with Crippen molar-refractivity contribution in [2.75, 3.05) is 20.3 Å². The molecule has 1 amide bonds. The van der Waals surface area contributed by atoms with Gasteiger partial charge in [0.1, 0.15) is 0 Å². The molecule has 0 heterocycles. The first-order chi connectivity index (χ1) is 8.85. The third kappa shape index (κ3) is 5.64. The summed E-state index contributed by atoms with van der Waals surface area (Å²) in [6.45, 7) is 2.27. The maximum Gasteiger partial charge on any atom is 0.251 e. The topological polar surface area (TPSA) is 58.6 Å². The molecule has 0 aliphatic heterocycles. The van der Waals surface area contributed by atoms with Crippen molar-refractivity contribution < 1.29 is 14.6 Å². The molecular formula is C13H17ClINO3. The summed E-state index contributed by atoms with van der Waals surface area (Å²) in [5.41, 5.74) is -0.508. The maximum absolute atomic E-state index is 11.9. The molecule has 0 spiro atoms. The summed E-state index contributed by atoms with van der Waals surface area (Å²) in [4.78, 5) is 11.9. The largest absolute Gasteiger partial charge is 0.388 e.